The summed E-state index contributed by atoms with van der Waals surface area (Å²) >= 11 is 5.96. The van der Waals surface area contributed by atoms with Crippen LogP contribution in [0, 0.1) is 6.92 Å². The van der Waals surface area contributed by atoms with Gasteiger partial charge in [0.1, 0.15) is 5.65 Å². The summed E-state index contributed by atoms with van der Waals surface area (Å²) in [7, 11) is -3.68. The smallest absolute Gasteiger partial charge is 0.258 e. The predicted octanol–water partition coefficient (Wildman–Crippen LogP) is 2.63. The van der Waals surface area contributed by atoms with Gasteiger partial charge in [-0.15, -0.1) is 0 Å². The monoisotopic (exact) mass is 348 g/mol. The highest BCUT2D eigenvalue weighted by molar-refractivity contribution is 7.90. The third-order valence-electron chi connectivity index (χ3n) is 3.44. The minimum Gasteiger partial charge on any atom is -0.269 e. The van der Waals surface area contributed by atoms with Gasteiger partial charge in [0, 0.05) is 11.8 Å². The first kappa shape index (κ1) is 15.7. The molecule has 0 saturated carbocycles. The molecule has 118 valence electrons. The van der Waals surface area contributed by atoms with Crippen LogP contribution >= 0.6 is 11.6 Å². The Morgan fingerprint density at radius 3 is 2.61 bits per heavy atom. The number of nitrogens with zero attached hydrogens (tertiary/aromatic N) is 2. The summed E-state index contributed by atoms with van der Waals surface area (Å²) in [5.41, 5.74) is 1.04. The number of hydrogen-bond acceptors (Lipinski definition) is 4. The highest BCUT2D eigenvalue weighted by Crippen LogP contribution is 2.23. The van der Waals surface area contributed by atoms with Crippen LogP contribution in [0.5, 0.6) is 0 Å². The van der Waals surface area contributed by atoms with Gasteiger partial charge >= 0.3 is 0 Å². The van der Waals surface area contributed by atoms with Crippen molar-refractivity contribution in [2.24, 2.45) is 0 Å². The summed E-state index contributed by atoms with van der Waals surface area (Å²) < 4.78 is 26.4. The van der Waals surface area contributed by atoms with Crippen molar-refractivity contribution in [3.05, 3.63) is 75.3 Å². The zero-order chi connectivity index (χ0) is 16.6. The van der Waals surface area contributed by atoms with Gasteiger partial charge in [0.25, 0.3) is 5.56 Å². The van der Waals surface area contributed by atoms with Gasteiger partial charge in [0.05, 0.1) is 21.4 Å². The zero-order valence-corrected chi connectivity index (χ0v) is 13.8. The number of pyridine rings is 1. The van der Waals surface area contributed by atoms with Crippen LogP contribution in [-0.4, -0.2) is 17.8 Å². The molecule has 3 rings (SSSR count). The van der Waals surface area contributed by atoms with Gasteiger partial charge in [-0.2, -0.15) is 0 Å². The van der Waals surface area contributed by atoms with Gasteiger partial charge in [-0.1, -0.05) is 29.8 Å². The maximum atomic E-state index is 12.5. The van der Waals surface area contributed by atoms with Crippen molar-refractivity contribution in [3.8, 4) is 0 Å². The number of sulfone groups is 1. The molecule has 2 aromatic heterocycles. The first-order chi connectivity index (χ1) is 10.9. The fraction of sp³-hybridized carbons (Fsp3) is 0.125. The molecule has 5 nitrogen and oxygen atoms in total. The molecule has 3 aromatic rings. The Balaban J connectivity index is 2.09. The van der Waals surface area contributed by atoms with E-state index < -0.39 is 9.84 Å². The number of halogens is 1. The Bertz CT molecular complexity index is 1060. The minimum atomic E-state index is -3.68. The molecule has 0 amide bonds. The predicted molar refractivity (Wildman–Crippen MR) is 88.5 cm³/mol. The average Bonchev–Trinajstić information content (AvgIpc) is 2.46. The van der Waals surface area contributed by atoms with Crippen molar-refractivity contribution in [1.29, 1.82) is 0 Å². The van der Waals surface area contributed by atoms with Gasteiger partial charge in [0.15, 0.2) is 9.84 Å². The quantitative estimate of drug-likeness (QED) is 0.729. The molecule has 0 saturated heterocycles. The van der Waals surface area contributed by atoms with E-state index >= 15 is 0 Å². The Morgan fingerprint density at radius 1 is 1.13 bits per heavy atom. The van der Waals surface area contributed by atoms with E-state index in [1.54, 1.807) is 37.3 Å². The molecular weight excluding hydrogens is 336 g/mol. The van der Waals surface area contributed by atoms with Crippen molar-refractivity contribution in [2.45, 2.75) is 17.6 Å². The molecule has 0 bridgehead atoms. The third kappa shape index (κ3) is 3.00. The van der Waals surface area contributed by atoms with E-state index in [0.29, 0.717) is 5.65 Å². The van der Waals surface area contributed by atoms with Gasteiger partial charge in [-0.05, 0) is 31.2 Å². The van der Waals surface area contributed by atoms with E-state index in [2.05, 4.69) is 4.98 Å². The topological polar surface area (TPSA) is 68.5 Å². The molecule has 0 N–H and O–H groups in total. The molecule has 1 aromatic carbocycles. The van der Waals surface area contributed by atoms with Crippen molar-refractivity contribution in [1.82, 2.24) is 9.38 Å². The van der Waals surface area contributed by atoms with E-state index in [0.717, 1.165) is 5.69 Å². The summed E-state index contributed by atoms with van der Waals surface area (Å²) in [5.74, 6) is -0.379. The first-order valence-corrected chi connectivity index (χ1v) is 8.87. The number of benzene rings is 1. The van der Waals surface area contributed by atoms with Crippen LogP contribution in [0.4, 0.5) is 0 Å². The lowest BCUT2D eigenvalue weighted by Gasteiger charge is -2.08. The molecule has 23 heavy (non-hydrogen) atoms. The van der Waals surface area contributed by atoms with Crippen molar-refractivity contribution < 1.29 is 8.42 Å². The van der Waals surface area contributed by atoms with Crippen LogP contribution in [0.3, 0.4) is 0 Å². The molecule has 7 heteroatoms. The lowest BCUT2D eigenvalue weighted by atomic mass is 10.3. The second kappa shape index (κ2) is 5.79. The maximum absolute atomic E-state index is 12.5. The number of hydrogen-bond donors (Lipinski definition) is 0. The van der Waals surface area contributed by atoms with Crippen LogP contribution in [0.2, 0.25) is 5.02 Å². The molecule has 0 spiro atoms. The standard InChI is InChI=1S/C16H13ClN2O3S/c1-11-5-4-8-15-18-12(9-16(20)19(11)15)10-23(21,22)14-7-3-2-6-13(14)17/h2-9H,10H2,1H3. The van der Waals surface area contributed by atoms with Crippen LogP contribution in [0.1, 0.15) is 11.4 Å². The summed E-state index contributed by atoms with van der Waals surface area (Å²) in [6.07, 6.45) is 0. The Labute approximate surface area is 138 Å². The van der Waals surface area contributed by atoms with Crippen LogP contribution in [0.15, 0.2) is 58.2 Å². The zero-order valence-electron chi connectivity index (χ0n) is 12.2. The second-order valence-corrected chi connectivity index (χ2v) is 7.50. The molecule has 0 aliphatic carbocycles. The van der Waals surface area contributed by atoms with E-state index in [1.165, 1.54) is 22.6 Å². The molecule has 0 unspecified atom stereocenters. The van der Waals surface area contributed by atoms with Crippen molar-refractivity contribution >= 4 is 27.1 Å². The van der Waals surface area contributed by atoms with Gasteiger partial charge < -0.3 is 0 Å². The number of fused-ring (bicyclic) bond motifs is 1. The Kier molecular flexibility index (Phi) is 3.95. The molecule has 0 atom stereocenters. The molecule has 2 heterocycles. The lowest BCUT2D eigenvalue weighted by Crippen LogP contribution is -2.19. The largest absolute Gasteiger partial charge is 0.269 e. The molecule has 0 fully saturated rings. The van der Waals surface area contributed by atoms with Crippen molar-refractivity contribution in [3.63, 3.8) is 0 Å². The molecule has 0 aliphatic heterocycles. The van der Waals surface area contributed by atoms with E-state index in [4.69, 9.17) is 11.6 Å². The van der Waals surface area contributed by atoms with E-state index in [9.17, 15) is 13.2 Å². The maximum Gasteiger partial charge on any atom is 0.258 e. The summed E-state index contributed by atoms with van der Waals surface area (Å²) in [6, 6.07) is 12.7. The molecular formula is C16H13ClN2O3S. The van der Waals surface area contributed by atoms with Crippen LogP contribution < -0.4 is 5.56 Å². The molecule has 0 aliphatic rings. The van der Waals surface area contributed by atoms with Gasteiger partial charge in [0.2, 0.25) is 0 Å². The molecule has 0 radical (unpaired) electrons. The summed E-state index contributed by atoms with van der Waals surface area (Å²) in [6.45, 7) is 1.79. The van der Waals surface area contributed by atoms with E-state index in [1.807, 2.05) is 0 Å². The lowest BCUT2D eigenvalue weighted by molar-refractivity contribution is 0.594. The Morgan fingerprint density at radius 2 is 1.87 bits per heavy atom. The second-order valence-electron chi connectivity index (χ2n) is 5.14. The SMILES string of the molecule is Cc1cccc2nc(CS(=O)(=O)c3ccccc3Cl)cc(=O)n12. The Hall–Kier alpha value is -2.18. The van der Waals surface area contributed by atoms with Crippen LogP contribution in [0.25, 0.3) is 5.65 Å². The highest BCUT2D eigenvalue weighted by Gasteiger charge is 2.20. The van der Waals surface area contributed by atoms with E-state index in [-0.39, 0.29) is 26.9 Å². The van der Waals surface area contributed by atoms with Crippen LogP contribution in [-0.2, 0) is 15.6 Å². The number of aromatic nitrogens is 2. The van der Waals surface area contributed by atoms with Gasteiger partial charge in [-0.25, -0.2) is 13.4 Å². The fourth-order valence-corrected chi connectivity index (χ4v) is 4.24. The normalized spacial score (nSPS) is 11.7. The van der Waals surface area contributed by atoms with Gasteiger partial charge in [-0.3, -0.25) is 9.20 Å². The summed E-state index contributed by atoms with van der Waals surface area (Å²) in [4.78, 5) is 16.5. The van der Waals surface area contributed by atoms with Crippen molar-refractivity contribution in [2.75, 3.05) is 0 Å². The highest BCUT2D eigenvalue weighted by atomic mass is 35.5. The minimum absolute atomic E-state index is 0.0351. The number of aryl methyl sites for hydroxylation is 1. The summed E-state index contributed by atoms with van der Waals surface area (Å²) in [5, 5.41) is 0.154. The fourth-order valence-electron chi connectivity index (χ4n) is 2.41. The first-order valence-electron chi connectivity index (χ1n) is 6.84. The third-order valence-corrected chi connectivity index (χ3v) is 5.59. The number of rotatable bonds is 3. The average molecular weight is 349 g/mol.